The van der Waals surface area contributed by atoms with Gasteiger partial charge < -0.3 is 14.8 Å². The largest absolute Gasteiger partial charge is 0.454 e. The lowest BCUT2D eigenvalue weighted by atomic mass is 10.2. The van der Waals surface area contributed by atoms with Crippen LogP contribution in [-0.4, -0.2) is 23.6 Å². The third kappa shape index (κ3) is 4.12. The van der Waals surface area contributed by atoms with Gasteiger partial charge in [0.2, 0.25) is 12.7 Å². The molecule has 2 aromatic carbocycles. The third-order valence-corrected chi connectivity index (χ3v) is 4.86. The van der Waals surface area contributed by atoms with Crippen molar-refractivity contribution in [3.8, 4) is 11.5 Å². The Balaban J connectivity index is 1.36. The molecule has 0 fully saturated rings. The monoisotopic (exact) mass is 395 g/mol. The molecule has 0 saturated carbocycles. The van der Waals surface area contributed by atoms with Crippen LogP contribution in [0.5, 0.6) is 11.5 Å². The summed E-state index contributed by atoms with van der Waals surface area (Å²) in [5.74, 6) is 0.695. The van der Waals surface area contributed by atoms with E-state index in [1.165, 1.54) is 11.3 Å². The number of anilines is 2. The van der Waals surface area contributed by atoms with Crippen LogP contribution in [0, 0.1) is 6.92 Å². The number of rotatable bonds is 5. The number of aromatic nitrogens is 1. The molecule has 2 amide bonds. The highest BCUT2D eigenvalue weighted by atomic mass is 32.1. The van der Waals surface area contributed by atoms with Gasteiger partial charge in [-0.3, -0.25) is 14.9 Å². The first kappa shape index (κ1) is 18.0. The Morgan fingerprint density at radius 1 is 1.11 bits per heavy atom. The molecule has 142 valence electrons. The molecule has 2 N–H and O–H groups in total. The molecule has 2 heterocycles. The summed E-state index contributed by atoms with van der Waals surface area (Å²) in [4.78, 5) is 28.9. The first-order valence-electron chi connectivity index (χ1n) is 8.59. The van der Waals surface area contributed by atoms with Gasteiger partial charge in [-0.15, -0.1) is 11.3 Å². The van der Waals surface area contributed by atoms with Crippen LogP contribution in [0.4, 0.5) is 10.8 Å². The Labute approximate surface area is 165 Å². The van der Waals surface area contributed by atoms with Gasteiger partial charge in [0.25, 0.3) is 5.91 Å². The molecule has 1 aliphatic heterocycles. The molecule has 0 aliphatic carbocycles. The summed E-state index contributed by atoms with van der Waals surface area (Å²) in [6, 6.07) is 12.6. The highest BCUT2D eigenvalue weighted by molar-refractivity contribution is 7.14. The number of amides is 2. The lowest BCUT2D eigenvalue weighted by molar-refractivity contribution is -0.115. The van der Waals surface area contributed by atoms with Crippen LogP contribution in [-0.2, 0) is 11.2 Å². The lowest BCUT2D eigenvalue weighted by Crippen LogP contribution is -2.15. The second kappa shape index (κ2) is 7.69. The summed E-state index contributed by atoms with van der Waals surface area (Å²) >= 11 is 1.27. The standard InChI is InChI=1S/C20H17N3O4S/c1-12-3-2-4-14(7-12)21-18(24)9-15-10-28-20(22-15)23-19(25)13-5-6-16-17(8-13)27-11-26-16/h2-8,10H,9,11H2,1H3,(H,21,24)(H,22,23,25). The van der Waals surface area contributed by atoms with E-state index < -0.39 is 0 Å². The van der Waals surface area contributed by atoms with Crippen molar-refractivity contribution < 1.29 is 19.1 Å². The van der Waals surface area contributed by atoms with E-state index in [-0.39, 0.29) is 25.0 Å². The molecule has 0 spiro atoms. The summed E-state index contributed by atoms with van der Waals surface area (Å²) in [6.07, 6.45) is 0.129. The molecular formula is C20H17N3O4S. The van der Waals surface area contributed by atoms with Crippen LogP contribution in [0.25, 0.3) is 0 Å². The number of hydrogen-bond donors (Lipinski definition) is 2. The van der Waals surface area contributed by atoms with E-state index in [0.717, 1.165) is 11.3 Å². The zero-order valence-electron chi connectivity index (χ0n) is 15.0. The topological polar surface area (TPSA) is 89.6 Å². The van der Waals surface area contributed by atoms with Crippen molar-refractivity contribution in [1.82, 2.24) is 4.98 Å². The van der Waals surface area contributed by atoms with Crippen molar-refractivity contribution in [2.45, 2.75) is 13.3 Å². The van der Waals surface area contributed by atoms with Gasteiger partial charge in [0.05, 0.1) is 12.1 Å². The smallest absolute Gasteiger partial charge is 0.257 e. The maximum Gasteiger partial charge on any atom is 0.257 e. The van der Waals surface area contributed by atoms with Crippen molar-refractivity contribution >= 4 is 34.0 Å². The minimum atomic E-state index is -0.302. The SMILES string of the molecule is Cc1cccc(NC(=O)Cc2csc(NC(=O)c3ccc4c(c3)OCO4)n2)c1. The maximum atomic E-state index is 12.4. The van der Waals surface area contributed by atoms with E-state index >= 15 is 0 Å². The van der Waals surface area contributed by atoms with E-state index in [4.69, 9.17) is 9.47 Å². The summed E-state index contributed by atoms with van der Waals surface area (Å²) < 4.78 is 10.5. The maximum absolute atomic E-state index is 12.4. The zero-order valence-corrected chi connectivity index (χ0v) is 15.8. The van der Waals surface area contributed by atoms with Crippen LogP contribution in [0.1, 0.15) is 21.6 Å². The number of ether oxygens (including phenoxy) is 2. The fourth-order valence-corrected chi connectivity index (χ4v) is 3.45. The second-order valence-electron chi connectivity index (χ2n) is 6.26. The highest BCUT2D eigenvalue weighted by Crippen LogP contribution is 2.32. The predicted molar refractivity (Wildman–Crippen MR) is 106 cm³/mol. The number of nitrogens with zero attached hydrogens (tertiary/aromatic N) is 1. The van der Waals surface area contributed by atoms with Gasteiger partial charge in [0.1, 0.15) is 0 Å². The Morgan fingerprint density at radius 2 is 1.96 bits per heavy atom. The molecule has 28 heavy (non-hydrogen) atoms. The van der Waals surface area contributed by atoms with Crippen molar-refractivity contribution in [3.63, 3.8) is 0 Å². The number of carbonyl (C=O) groups is 2. The van der Waals surface area contributed by atoms with Gasteiger partial charge in [0.15, 0.2) is 16.6 Å². The van der Waals surface area contributed by atoms with Gasteiger partial charge in [0, 0.05) is 16.6 Å². The molecule has 4 rings (SSSR count). The lowest BCUT2D eigenvalue weighted by Gasteiger charge is -2.05. The Hall–Kier alpha value is -3.39. The second-order valence-corrected chi connectivity index (χ2v) is 7.12. The number of aryl methyl sites for hydroxylation is 1. The van der Waals surface area contributed by atoms with E-state index in [9.17, 15) is 9.59 Å². The molecule has 3 aromatic rings. The molecule has 8 heteroatoms. The average Bonchev–Trinajstić information content (AvgIpc) is 3.30. The fraction of sp³-hybridized carbons (Fsp3) is 0.150. The number of nitrogens with one attached hydrogen (secondary N) is 2. The molecule has 0 saturated heterocycles. The van der Waals surface area contributed by atoms with Crippen LogP contribution in [0.2, 0.25) is 0 Å². The molecule has 7 nitrogen and oxygen atoms in total. The summed E-state index contributed by atoms with van der Waals surface area (Å²) in [7, 11) is 0. The van der Waals surface area contributed by atoms with Crippen LogP contribution < -0.4 is 20.1 Å². The summed E-state index contributed by atoms with van der Waals surface area (Å²) in [6.45, 7) is 2.12. The minimum absolute atomic E-state index is 0.129. The molecular weight excluding hydrogens is 378 g/mol. The molecule has 0 unspecified atom stereocenters. The number of hydrogen-bond acceptors (Lipinski definition) is 6. The Morgan fingerprint density at radius 3 is 2.82 bits per heavy atom. The van der Waals surface area contributed by atoms with Gasteiger partial charge in [-0.2, -0.15) is 0 Å². The Kier molecular flexibility index (Phi) is 4.94. The average molecular weight is 395 g/mol. The molecule has 0 bridgehead atoms. The van der Waals surface area contributed by atoms with E-state index in [2.05, 4.69) is 15.6 Å². The van der Waals surface area contributed by atoms with E-state index in [1.54, 1.807) is 23.6 Å². The van der Waals surface area contributed by atoms with E-state index in [0.29, 0.717) is 27.9 Å². The number of benzene rings is 2. The summed E-state index contributed by atoms with van der Waals surface area (Å²) in [5, 5.41) is 7.77. The van der Waals surface area contributed by atoms with E-state index in [1.807, 2.05) is 31.2 Å². The molecule has 0 radical (unpaired) electrons. The van der Waals surface area contributed by atoms with Crippen LogP contribution in [0.15, 0.2) is 47.8 Å². The predicted octanol–water partition coefficient (Wildman–Crippen LogP) is 3.61. The van der Waals surface area contributed by atoms with Crippen molar-refractivity contribution in [2.24, 2.45) is 0 Å². The van der Waals surface area contributed by atoms with Crippen molar-refractivity contribution in [2.75, 3.05) is 17.4 Å². The summed E-state index contributed by atoms with van der Waals surface area (Å²) in [5.41, 5.74) is 2.85. The normalized spacial score (nSPS) is 11.9. The first-order chi connectivity index (χ1) is 13.6. The van der Waals surface area contributed by atoms with Gasteiger partial charge in [-0.25, -0.2) is 4.98 Å². The molecule has 1 aromatic heterocycles. The van der Waals surface area contributed by atoms with Gasteiger partial charge in [-0.1, -0.05) is 12.1 Å². The third-order valence-electron chi connectivity index (χ3n) is 4.05. The minimum Gasteiger partial charge on any atom is -0.454 e. The number of thiazole rings is 1. The molecule has 1 aliphatic rings. The number of carbonyl (C=O) groups excluding carboxylic acids is 2. The number of fused-ring (bicyclic) bond motifs is 1. The van der Waals surface area contributed by atoms with Crippen LogP contribution in [0.3, 0.4) is 0 Å². The van der Waals surface area contributed by atoms with Crippen molar-refractivity contribution in [3.05, 3.63) is 64.7 Å². The zero-order chi connectivity index (χ0) is 19.5. The Bertz CT molecular complexity index is 1050. The first-order valence-corrected chi connectivity index (χ1v) is 9.47. The quantitative estimate of drug-likeness (QED) is 0.689. The van der Waals surface area contributed by atoms with Gasteiger partial charge in [-0.05, 0) is 42.8 Å². The highest BCUT2D eigenvalue weighted by Gasteiger charge is 2.17. The fourth-order valence-electron chi connectivity index (χ4n) is 2.75. The van der Waals surface area contributed by atoms with Crippen molar-refractivity contribution in [1.29, 1.82) is 0 Å². The van der Waals surface area contributed by atoms with Crippen LogP contribution >= 0.6 is 11.3 Å². The molecule has 0 atom stereocenters. The van der Waals surface area contributed by atoms with Gasteiger partial charge >= 0.3 is 0 Å².